The van der Waals surface area contributed by atoms with Gasteiger partial charge in [0.2, 0.25) is 11.8 Å². The number of pyridine rings is 1. The molecule has 140 valence electrons. The van der Waals surface area contributed by atoms with E-state index in [1.807, 2.05) is 0 Å². The molecule has 3 aromatic rings. The molecule has 2 amide bonds. The molecule has 1 aromatic carbocycles. The molecule has 2 aromatic heterocycles. The Morgan fingerprint density at radius 2 is 2.11 bits per heavy atom. The minimum atomic E-state index is -0.246. The number of nitrogens with zero attached hydrogens (tertiary/aromatic N) is 2. The third kappa shape index (κ3) is 4.89. The highest BCUT2D eigenvalue weighted by Crippen LogP contribution is 2.28. The van der Waals surface area contributed by atoms with Gasteiger partial charge in [-0.25, -0.2) is 9.97 Å². The van der Waals surface area contributed by atoms with Crippen molar-refractivity contribution < 1.29 is 14.3 Å². The van der Waals surface area contributed by atoms with E-state index >= 15 is 0 Å². The van der Waals surface area contributed by atoms with Gasteiger partial charge in [0.1, 0.15) is 5.75 Å². The molecule has 0 saturated carbocycles. The van der Waals surface area contributed by atoms with E-state index < -0.39 is 0 Å². The lowest BCUT2D eigenvalue weighted by atomic mass is 10.2. The van der Waals surface area contributed by atoms with Crippen LogP contribution >= 0.6 is 23.4 Å². The van der Waals surface area contributed by atoms with E-state index in [0.29, 0.717) is 38.5 Å². The number of hydrogen-bond acceptors (Lipinski definition) is 6. The molecule has 2 heterocycles. The van der Waals surface area contributed by atoms with Gasteiger partial charge < -0.3 is 20.4 Å². The van der Waals surface area contributed by atoms with Crippen molar-refractivity contribution in [1.82, 2.24) is 15.0 Å². The normalized spacial score (nSPS) is 10.6. The Bertz CT molecular complexity index is 1010. The fourth-order valence-corrected chi connectivity index (χ4v) is 3.16. The van der Waals surface area contributed by atoms with Crippen LogP contribution < -0.4 is 15.4 Å². The van der Waals surface area contributed by atoms with Crippen LogP contribution in [0.4, 0.5) is 11.4 Å². The highest BCUT2D eigenvalue weighted by Gasteiger charge is 2.12. The SMILES string of the molecule is COc1ccc(NC(C)=O)cc1NC(=O)CSc1nc2ncc(Cl)cc2[nH]1. The van der Waals surface area contributed by atoms with Crippen LogP contribution in [0.2, 0.25) is 5.02 Å². The number of aromatic nitrogens is 3. The quantitative estimate of drug-likeness (QED) is 0.543. The highest BCUT2D eigenvalue weighted by molar-refractivity contribution is 7.99. The number of amides is 2. The number of imidazole rings is 1. The Hall–Kier alpha value is -2.78. The summed E-state index contributed by atoms with van der Waals surface area (Å²) in [6.45, 7) is 1.41. The van der Waals surface area contributed by atoms with Gasteiger partial charge in [-0.1, -0.05) is 23.4 Å². The van der Waals surface area contributed by atoms with E-state index in [1.54, 1.807) is 24.3 Å². The third-order valence-corrected chi connectivity index (χ3v) is 4.50. The summed E-state index contributed by atoms with van der Waals surface area (Å²) in [6, 6.07) is 6.72. The zero-order valence-electron chi connectivity index (χ0n) is 14.5. The number of fused-ring (bicyclic) bond motifs is 1. The number of hydrogen-bond donors (Lipinski definition) is 3. The zero-order chi connectivity index (χ0) is 19.4. The van der Waals surface area contributed by atoms with Crippen molar-refractivity contribution in [3.63, 3.8) is 0 Å². The number of carbonyl (C=O) groups excluding carboxylic acids is 2. The standard InChI is InChI=1S/C17H16ClN5O3S/c1-9(24)20-11-3-4-14(26-2)12(6-11)21-15(25)8-27-17-22-13-5-10(18)7-19-16(13)23-17/h3-7H,8H2,1-2H3,(H,20,24)(H,21,25)(H,19,22,23). The van der Waals surface area contributed by atoms with Crippen LogP contribution in [-0.2, 0) is 9.59 Å². The molecule has 0 aliphatic heterocycles. The van der Waals surface area contributed by atoms with Crippen molar-refractivity contribution >= 4 is 57.7 Å². The fourth-order valence-electron chi connectivity index (χ4n) is 2.33. The van der Waals surface area contributed by atoms with Gasteiger partial charge in [-0.2, -0.15) is 0 Å². The molecule has 0 spiro atoms. The average molecular weight is 406 g/mol. The molecule has 0 aliphatic carbocycles. The summed E-state index contributed by atoms with van der Waals surface area (Å²) >= 11 is 7.13. The maximum absolute atomic E-state index is 12.3. The molecule has 0 radical (unpaired) electrons. The number of halogens is 1. The number of carbonyl (C=O) groups is 2. The first-order valence-electron chi connectivity index (χ1n) is 7.84. The average Bonchev–Trinajstić information content (AvgIpc) is 3.02. The van der Waals surface area contributed by atoms with Crippen LogP contribution in [-0.4, -0.2) is 39.6 Å². The van der Waals surface area contributed by atoms with Crippen molar-refractivity contribution in [2.45, 2.75) is 12.1 Å². The number of thioether (sulfide) groups is 1. The van der Waals surface area contributed by atoms with Crippen LogP contribution in [0, 0.1) is 0 Å². The Kier molecular flexibility index (Phi) is 5.82. The number of benzene rings is 1. The Labute approximate surface area is 164 Å². The van der Waals surface area contributed by atoms with Crippen molar-refractivity contribution in [2.75, 3.05) is 23.5 Å². The van der Waals surface area contributed by atoms with E-state index in [2.05, 4.69) is 25.6 Å². The van der Waals surface area contributed by atoms with Gasteiger partial charge >= 0.3 is 0 Å². The van der Waals surface area contributed by atoms with Crippen LogP contribution in [0.15, 0.2) is 35.6 Å². The number of anilines is 2. The molecule has 8 nitrogen and oxygen atoms in total. The number of rotatable bonds is 6. The number of methoxy groups -OCH3 is 1. The molecule has 0 atom stereocenters. The predicted molar refractivity (Wildman–Crippen MR) is 106 cm³/mol. The first kappa shape index (κ1) is 19.0. The molecule has 0 saturated heterocycles. The lowest BCUT2D eigenvalue weighted by Crippen LogP contribution is -2.15. The fraction of sp³-hybridized carbons (Fsp3) is 0.176. The van der Waals surface area contributed by atoms with Gasteiger partial charge in [-0.15, -0.1) is 0 Å². The Morgan fingerprint density at radius 3 is 2.85 bits per heavy atom. The molecule has 0 unspecified atom stereocenters. The first-order chi connectivity index (χ1) is 12.9. The smallest absolute Gasteiger partial charge is 0.234 e. The van der Waals surface area contributed by atoms with Gasteiger partial charge in [-0.3, -0.25) is 9.59 Å². The molecule has 0 fully saturated rings. The van der Waals surface area contributed by atoms with E-state index in [0.717, 1.165) is 0 Å². The van der Waals surface area contributed by atoms with Gasteiger partial charge in [-0.05, 0) is 24.3 Å². The summed E-state index contributed by atoms with van der Waals surface area (Å²) in [6.07, 6.45) is 1.51. The second-order valence-electron chi connectivity index (χ2n) is 5.50. The molecule has 10 heteroatoms. The van der Waals surface area contributed by atoms with Gasteiger partial charge in [0.15, 0.2) is 10.8 Å². The molecule has 3 N–H and O–H groups in total. The lowest BCUT2D eigenvalue weighted by Gasteiger charge is -2.12. The summed E-state index contributed by atoms with van der Waals surface area (Å²) < 4.78 is 5.25. The summed E-state index contributed by atoms with van der Waals surface area (Å²) in [5.74, 6) is 0.169. The Balaban J connectivity index is 1.66. The molecule has 3 rings (SSSR count). The minimum absolute atomic E-state index is 0.126. The summed E-state index contributed by atoms with van der Waals surface area (Å²) in [4.78, 5) is 35.0. The highest BCUT2D eigenvalue weighted by atomic mass is 35.5. The number of H-pyrrole nitrogens is 1. The van der Waals surface area contributed by atoms with E-state index in [-0.39, 0.29) is 17.6 Å². The summed E-state index contributed by atoms with van der Waals surface area (Å²) in [7, 11) is 1.50. The first-order valence-corrected chi connectivity index (χ1v) is 9.20. The minimum Gasteiger partial charge on any atom is -0.495 e. The van der Waals surface area contributed by atoms with Crippen LogP contribution in [0.25, 0.3) is 11.2 Å². The lowest BCUT2D eigenvalue weighted by molar-refractivity contribution is -0.114. The van der Waals surface area contributed by atoms with Gasteiger partial charge in [0.05, 0.1) is 29.1 Å². The van der Waals surface area contributed by atoms with Crippen molar-refractivity contribution in [2.24, 2.45) is 0 Å². The second kappa shape index (κ2) is 8.28. The maximum Gasteiger partial charge on any atom is 0.234 e. The molecule has 0 aliphatic rings. The zero-order valence-corrected chi connectivity index (χ0v) is 16.1. The van der Waals surface area contributed by atoms with Crippen molar-refractivity contribution in [3.8, 4) is 5.75 Å². The molecule has 27 heavy (non-hydrogen) atoms. The molecular weight excluding hydrogens is 390 g/mol. The molecular formula is C17H16ClN5O3S. The van der Waals surface area contributed by atoms with Crippen LogP contribution in [0.1, 0.15) is 6.92 Å². The van der Waals surface area contributed by atoms with Crippen molar-refractivity contribution in [1.29, 1.82) is 0 Å². The second-order valence-corrected chi connectivity index (χ2v) is 6.90. The predicted octanol–water partition coefficient (Wildman–Crippen LogP) is 3.31. The topological polar surface area (TPSA) is 109 Å². The molecule has 0 bridgehead atoms. The third-order valence-electron chi connectivity index (χ3n) is 3.42. The van der Waals surface area contributed by atoms with E-state index in [9.17, 15) is 9.59 Å². The maximum atomic E-state index is 12.3. The van der Waals surface area contributed by atoms with E-state index in [1.165, 1.54) is 32.0 Å². The van der Waals surface area contributed by atoms with E-state index in [4.69, 9.17) is 16.3 Å². The summed E-state index contributed by atoms with van der Waals surface area (Å²) in [5.41, 5.74) is 2.26. The van der Waals surface area contributed by atoms with Gasteiger partial charge in [0.25, 0.3) is 0 Å². The largest absolute Gasteiger partial charge is 0.495 e. The van der Waals surface area contributed by atoms with Crippen molar-refractivity contribution in [3.05, 3.63) is 35.5 Å². The summed E-state index contributed by atoms with van der Waals surface area (Å²) in [5, 5.41) is 6.51. The van der Waals surface area contributed by atoms with Gasteiger partial charge in [0, 0.05) is 18.8 Å². The monoisotopic (exact) mass is 405 g/mol. The number of aromatic amines is 1. The number of nitrogens with one attached hydrogen (secondary N) is 3. The van der Waals surface area contributed by atoms with Crippen LogP contribution in [0.5, 0.6) is 5.75 Å². The Morgan fingerprint density at radius 1 is 1.30 bits per heavy atom. The van der Waals surface area contributed by atoms with Crippen LogP contribution in [0.3, 0.4) is 0 Å². The number of ether oxygens (including phenoxy) is 1.